The van der Waals surface area contributed by atoms with Gasteiger partial charge in [0, 0.05) is 62.4 Å². The number of likely N-dealkylation sites (N-methyl/N-ethyl adjacent to an activating group) is 1. The van der Waals surface area contributed by atoms with Crippen molar-refractivity contribution >= 4 is 35.2 Å². The van der Waals surface area contributed by atoms with E-state index >= 15 is 0 Å². The monoisotopic (exact) mass is 527 g/mol. The van der Waals surface area contributed by atoms with E-state index in [0.717, 1.165) is 30.6 Å². The maximum atomic E-state index is 13.3. The van der Waals surface area contributed by atoms with E-state index in [1.54, 1.807) is 19.0 Å². The summed E-state index contributed by atoms with van der Waals surface area (Å²) in [7, 11) is 3.55. The van der Waals surface area contributed by atoms with Crippen LogP contribution >= 0.6 is 11.6 Å². The lowest BCUT2D eigenvalue weighted by Gasteiger charge is -2.35. The van der Waals surface area contributed by atoms with Crippen LogP contribution < -0.4 is 10.2 Å². The fourth-order valence-electron chi connectivity index (χ4n) is 4.75. The van der Waals surface area contributed by atoms with Crippen LogP contribution in [0.25, 0.3) is 0 Å². The number of aromatic nitrogens is 2. The summed E-state index contributed by atoms with van der Waals surface area (Å²) in [6.07, 6.45) is 0.763. The van der Waals surface area contributed by atoms with Crippen molar-refractivity contribution in [2.24, 2.45) is 0 Å². The second kappa shape index (κ2) is 10.8. The molecule has 2 aromatic rings. The molecule has 10 heteroatoms. The van der Waals surface area contributed by atoms with E-state index in [1.807, 2.05) is 43.0 Å². The molecule has 0 radical (unpaired) electrons. The fraction of sp³-hybridized carbons (Fsp3) is 0.556. The molecule has 0 bridgehead atoms. The maximum absolute atomic E-state index is 13.3. The van der Waals surface area contributed by atoms with E-state index in [1.165, 1.54) is 0 Å². The third-order valence-corrected chi connectivity index (χ3v) is 7.19. The predicted molar refractivity (Wildman–Crippen MR) is 147 cm³/mol. The molecular weight excluding hydrogens is 490 g/mol. The Bertz CT molecular complexity index is 1140. The van der Waals surface area contributed by atoms with Gasteiger partial charge in [0.1, 0.15) is 11.5 Å². The second-order valence-corrected chi connectivity index (χ2v) is 11.5. The average Bonchev–Trinajstić information content (AvgIpc) is 3.17. The molecule has 200 valence electrons. The zero-order valence-corrected chi connectivity index (χ0v) is 23.5. The summed E-state index contributed by atoms with van der Waals surface area (Å²) in [4.78, 5) is 42.8. The number of anilines is 2. The fourth-order valence-corrected chi connectivity index (χ4v) is 4.88. The van der Waals surface area contributed by atoms with E-state index in [2.05, 4.69) is 29.0 Å². The number of fused-ring (bicyclic) bond motifs is 1. The van der Waals surface area contributed by atoms with Crippen LogP contribution in [0.5, 0.6) is 0 Å². The Morgan fingerprint density at radius 1 is 1.11 bits per heavy atom. The number of nitrogens with zero attached hydrogens (tertiary/aromatic N) is 6. The Morgan fingerprint density at radius 2 is 1.76 bits per heavy atom. The van der Waals surface area contributed by atoms with Crippen LogP contribution in [-0.2, 0) is 17.8 Å². The number of rotatable bonds is 8. The first-order valence-corrected chi connectivity index (χ1v) is 13.2. The van der Waals surface area contributed by atoms with Gasteiger partial charge in [-0.25, -0.2) is 4.98 Å². The first-order chi connectivity index (χ1) is 17.4. The SMILES string of the molecule is CC(C)N1Cc2c(NC(C)(C)Cc3ccc(Cl)cc3)nc(N3CCN(CC(=O)N(C)C)CC3)nc2C1=O. The van der Waals surface area contributed by atoms with Crippen molar-refractivity contribution in [2.75, 3.05) is 57.0 Å². The smallest absolute Gasteiger partial charge is 0.273 e. The minimum atomic E-state index is -0.327. The molecule has 3 heterocycles. The second-order valence-electron chi connectivity index (χ2n) is 11.1. The van der Waals surface area contributed by atoms with Gasteiger partial charge in [-0.15, -0.1) is 0 Å². The van der Waals surface area contributed by atoms with Crippen molar-refractivity contribution in [1.29, 1.82) is 0 Å². The summed E-state index contributed by atoms with van der Waals surface area (Å²) in [5, 5.41) is 4.35. The zero-order chi connectivity index (χ0) is 26.9. The third-order valence-electron chi connectivity index (χ3n) is 6.94. The Hall–Kier alpha value is -2.91. The molecule has 2 aliphatic heterocycles. The number of piperazine rings is 1. The number of carbonyl (C=O) groups excluding carboxylic acids is 2. The Morgan fingerprint density at radius 3 is 2.35 bits per heavy atom. The lowest BCUT2D eigenvalue weighted by molar-refractivity contribution is -0.129. The highest BCUT2D eigenvalue weighted by atomic mass is 35.5. The van der Waals surface area contributed by atoms with Crippen molar-refractivity contribution in [2.45, 2.75) is 52.2 Å². The molecule has 37 heavy (non-hydrogen) atoms. The van der Waals surface area contributed by atoms with Gasteiger partial charge in [0.15, 0.2) is 0 Å². The first kappa shape index (κ1) is 27.1. The first-order valence-electron chi connectivity index (χ1n) is 12.9. The van der Waals surface area contributed by atoms with Crippen LogP contribution in [0, 0.1) is 0 Å². The highest BCUT2D eigenvalue weighted by Crippen LogP contribution is 2.32. The minimum absolute atomic E-state index is 0.0533. The van der Waals surface area contributed by atoms with Crippen molar-refractivity contribution in [3.63, 3.8) is 0 Å². The van der Waals surface area contributed by atoms with E-state index in [9.17, 15) is 9.59 Å². The molecule has 0 unspecified atom stereocenters. The molecule has 9 nitrogen and oxygen atoms in total. The van der Waals surface area contributed by atoms with Crippen molar-refractivity contribution in [3.8, 4) is 0 Å². The molecule has 1 saturated heterocycles. The molecule has 1 N–H and O–H groups in total. The van der Waals surface area contributed by atoms with Crippen LogP contribution in [0.3, 0.4) is 0 Å². The van der Waals surface area contributed by atoms with Gasteiger partial charge in [0.05, 0.1) is 13.1 Å². The number of amides is 2. The van der Waals surface area contributed by atoms with E-state index in [0.29, 0.717) is 48.7 Å². The zero-order valence-electron chi connectivity index (χ0n) is 22.7. The number of benzene rings is 1. The quantitative estimate of drug-likeness (QED) is 0.564. The number of hydrogen-bond donors (Lipinski definition) is 1. The largest absolute Gasteiger partial charge is 0.364 e. The molecule has 1 aromatic heterocycles. The van der Waals surface area contributed by atoms with Crippen molar-refractivity contribution < 1.29 is 9.59 Å². The van der Waals surface area contributed by atoms with E-state index in [4.69, 9.17) is 21.6 Å². The summed E-state index contributed by atoms with van der Waals surface area (Å²) in [5.41, 5.74) is 2.17. The van der Waals surface area contributed by atoms with Gasteiger partial charge >= 0.3 is 0 Å². The molecule has 2 aliphatic rings. The topological polar surface area (TPSA) is 84.9 Å². The minimum Gasteiger partial charge on any atom is -0.364 e. The third kappa shape index (κ3) is 6.33. The molecule has 0 atom stereocenters. The van der Waals surface area contributed by atoms with Gasteiger partial charge < -0.3 is 20.0 Å². The van der Waals surface area contributed by atoms with Crippen LogP contribution in [0.2, 0.25) is 5.02 Å². The summed E-state index contributed by atoms with van der Waals surface area (Å²) in [6.45, 7) is 12.0. The van der Waals surface area contributed by atoms with Gasteiger partial charge in [0.2, 0.25) is 11.9 Å². The Balaban J connectivity index is 1.58. The lowest BCUT2D eigenvalue weighted by atomic mass is 9.94. The van der Waals surface area contributed by atoms with Crippen LogP contribution in [0.15, 0.2) is 24.3 Å². The van der Waals surface area contributed by atoms with E-state index < -0.39 is 0 Å². The molecule has 0 aliphatic carbocycles. The maximum Gasteiger partial charge on any atom is 0.273 e. The molecule has 1 fully saturated rings. The molecule has 4 rings (SSSR count). The van der Waals surface area contributed by atoms with E-state index in [-0.39, 0.29) is 23.4 Å². The van der Waals surface area contributed by atoms with Crippen molar-refractivity contribution in [3.05, 3.63) is 46.1 Å². The molecule has 2 amide bonds. The highest BCUT2D eigenvalue weighted by Gasteiger charge is 2.36. The van der Waals surface area contributed by atoms with Crippen LogP contribution in [0.4, 0.5) is 11.8 Å². The summed E-state index contributed by atoms with van der Waals surface area (Å²) in [5.74, 6) is 1.31. The number of halogens is 1. The van der Waals surface area contributed by atoms with Gasteiger partial charge in [-0.05, 0) is 51.8 Å². The van der Waals surface area contributed by atoms with Crippen molar-refractivity contribution in [1.82, 2.24) is 24.7 Å². The average molecular weight is 528 g/mol. The van der Waals surface area contributed by atoms with Gasteiger partial charge in [-0.2, -0.15) is 4.98 Å². The Labute approximate surface area is 224 Å². The molecule has 0 spiro atoms. The van der Waals surface area contributed by atoms with Crippen LogP contribution in [0.1, 0.15) is 49.3 Å². The summed E-state index contributed by atoms with van der Waals surface area (Å²) < 4.78 is 0. The molecular formula is C27H38ClN7O2. The molecule has 0 saturated carbocycles. The summed E-state index contributed by atoms with van der Waals surface area (Å²) in [6, 6.07) is 7.94. The number of carbonyl (C=O) groups is 2. The Kier molecular flexibility index (Phi) is 7.94. The van der Waals surface area contributed by atoms with Gasteiger partial charge in [-0.3, -0.25) is 14.5 Å². The molecule has 1 aromatic carbocycles. The van der Waals surface area contributed by atoms with Gasteiger partial charge in [-0.1, -0.05) is 23.7 Å². The van der Waals surface area contributed by atoms with Gasteiger partial charge in [0.25, 0.3) is 5.91 Å². The predicted octanol–water partition coefficient (Wildman–Crippen LogP) is 3.14. The summed E-state index contributed by atoms with van der Waals surface area (Å²) >= 11 is 6.07. The highest BCUT2D eigenvalue weighted by molar-refractivity contribution is 6.30. The normalized spacial score (nSPS) is 16.4. The number of nitrogens with one attached hydrogen (secondary N) is 1. The lowest BCUT2D eigenvalue weighted by Crippen LogP contribution is -2.50. The number of hydrogen-bond acceptors (Lipinski definition) is 7. The standard InChI is InChI=1S/C27H38ClN7O2/c1-18(2)35-16-21-23(25(35)37)29-26(34-13-11-33(12-14-34)17-22(36)32(5)6)30-24(21)31-27(3,4)15-19-7-9-20(28)10-8-19/h7-10,18H,11-17H2,1-6H3,(H,29,30,31). The van der Waals surface area contributed by atoms with Crippen LogP contribution in [-0.4, -0.2) is 94.9 Å².